The first-order chi connectivity index (χ1) is 16.4. The van der Waals surface area contributed by atoms with Crippen LogP contribution in [-0.4, -0.2) is 52.3 Å². The van der Waals surface area contributed by atoms with Crippen molar-refractivity contribution >= 4 is 46.0 Å². The Morgan fingerprint density at radius 3 is 2.62 bits per heavy atom. The molecule has 2 aliphatic heterocycles. The molecule has 3 aromatic rings. The molecule has 1 saturated heterocycles. The van der Waals surface area contributed by atoms with Gasteiger partial charge in [0.05, 0.1) is 10.5 Å². The van der Waals surface area contributed by atoms with E-state index in [-0.39, 0.29) is 17.2 Å². The minimum Gasteiger partial charge on any atom is -0.352 e. The highest BCUT2D eigenvalue weighted by atomic mass is 35.5. The van der Waals surface area contributed by atoms with Gasteiger partial charge >= 0.3 is 5.69 Å². The lowest BCUT2D eigenvalue weighted by Crippen LogP contribution is -2.49. The SMILES string of the molecule is C=CC(=O)N1CCN(c2nc(=O)n3c4c(c(-c5ccc(F)cc5F)c(Cl)cc24)SCCC3)CC1. The van der Waals surface area contributed by atoms with Crippen molar-refractivity contribution in [2.75, 3.05) is 36.8 Å². The zero-order valence-corrected chi connectivity index (χ0v) is 19.8. The standard InChI is InChI=1S/C24H21ClF2N4O2S/c1-2-19(32)29-7-9-30(10-8-29)23-16-13-17(25)20(15-5-4-14(26)12-18(15)27)22-21(16)31(24(33)28-23)6-3-11-34-22/h2,4-5,12-13H,1,3,6-11H2. The van der Waals surface area contributed by atoms with Crippen LogP contribution in [0.3, 0.4) is 0 Å². The smallest absolute Gasteiger partial charge is 0.350 e. The van der Waals surface area contributed by atoms with Crippen molar-refractivity contribution in [3.05, 3.63) is 64.1 Å². The number of nitrogens with zero attached hydrogens (tertiary/aromatic N) is 4. The van der Waals surface area contributed by atoms with E-state index in [0.29, 0.717) is 70.7 Å². The van der Waals surface area contributed by atoms with Gasteiger partial charge in [-0.05, 0) is 36.4 Å². The van der Waals surface area contributed by atoms with Gasteiger partial charge in [-0.3, -0.25) is 9.36 Å². The van der Waals surface area contributed by atoms with Gasteiger partial charge in [0.1, 0.15) is 17.5 Å². The summed E-state index contributed by atoms with van der Waals surface area (Å²) in [6.45, 7) is 5.98. The molecular weight excluding hydrogens is 482 g/mol. The predicted octanol–water partition coefficient (Wildman–Crippen LogP) is 4.33. The summed E-state index contributed by atoms with van der Waals surface area (Å²) < 4.78 is 30.0. The molecule has 2 aromatic carbocycles. The number of amides is 1. The number of rotatable bonds is 3. The van der Waals surface area contributed by atoms with Gasteiger partial charge in [0.25, 0.3) is 0 Å². The Balaban J connectivity index is 1.71. The lowest BCUT2D eigenvalue weighted by molar-refractivity contribution is -0.126. The highest BCUT2D eigenvalue weighted by molar-refractivity contribution is 7.99. The molecule has 34 heavy (non-hydrogen) atoms. The number of aromatic nitrogens is 2. The maximum atomic E-state index is 14.8. The van der Waals surface area contributed by atoms with Crippen LogP contribution in [0.15, 0.2) is 46.6 Å². The van der Waals surface area contributed by atoms with Crippen LogP contribution in [0, 0.1) is 11.6 Å². The molecule has 10 heteroatoms. The van der Waals surface area contributed by atoms with E-state index in [1.54, 1.807) is 15.5 Å². The second kappa shape index (κ2) is 9.03. The second-order valence-corrected chi connectivity index (χ2v) is 9.68. The zero-order valence-electron chi connectivity index (χ0n) is 18.2. The molecule has 0 bridgehead atoms. The number of piperazine rings is 1. The van der Waals surface area contributed by atoms with Gasteiger partial charge < -0.3 is 9.80 Å². The average Bonchev–Trinajstić information content (AvgIpc) is 3.06. The van der Waals surface area contributed by atoms with E-state index in [0.717, 1.165) is 12.5 Å². The molecule has 0 radical (unpaired) electrons. The number of carbonyl (C=O) groups is 1. The number of halogens is 3. The Morgan fingerprint density at radius 1 is 1.15 bits per heavy atom. The van der Waals surface area contributed by atoms with Crippen molar-refractivity contribution in [2.24, 2.45) is 0 Å². The van der Waals surface area contributed by atoms with Crippen molar-refractivity contribution in [3.8, 4) is 11.1 Å². The lowest BCUT2D eigenvalue weighted by Gasteiger charge is -2.35. The molecule has 2 aliphatic rings. The van der Waals surface area contributed by atoms with E-state index < -0.39 is 11.6 Å². The van der Waals surface area contributed by atoms with Crippen LogP contribution in [0.1, 0.15) is 6.42 Å². The van der Waals surface area contributed by atoms with Gasteiger partial charge in [-0.1, -0.05) is 18.2 Å². The van der Waals surface area contributed by atoms with Gasteiger partial charge in [0.2, 0.25) is 5.91 Å². The quantitative estimate of drug-likeness (QED) is 0.499. The van der Waals surface area contributed by atoms with Crippen LogP contribution < -0.4 is 10.6 Å². The Bertz CT molecular complexity index is 1390. The number of hydrogen-bond acceptors (Lipinski definition) is 5. The van der Waals surface area contributed by atoms with Gasteiger partial charge in [-0.25, -0.2) is 13.6 Å². The van der Waals surface area contributed by atoms with E-state index >= 15 is 0 Å². The monoisotopic (exact) mass is 502 g/mol. The summed E-state index contributed by atoms with van der Waals surface area (Å²) >= 11 is 8.23. The number of hydrogen-bond donors (Lipinski definition) is 0. The third kappa shape index (κ3) is 3.86. The fourth-order valence-corrected chi connectivity index (χ4v) is 6.12. The average molecular weight is 503 g/mol. The fourth-order valence-electron chi connectivity index (χ4n) is 4.56. The van der Waals surface area contributed by atoms with E-state index in [2.05, 4.69) is 11.6 Å². The molecule has 1 fully saturated rings. The number of thioether (sulfide) groups is 1. The molecule has 0 aliphatic carbocycles. The summed E-state index contributed by atoms with van der Waals surface area (Å²) in [5.74, 6) is -0.308. The predicted molar refractivity (Wildman–Crippen MR) is 131 cm³/mol. The maximum absolute atomic E-state index is 14.8. The minimum absolute atomic E-state index is 0.133. The summed E-state index contributed by atoms with van der Waals surface area (Å²) in [6, 6.07) is 5.12. The highest BCUT2D eigenvalue weighted by Gasteiger charge is 2.28. The molecule has 3 heterocycles. The van der Waals surface area contributed by atoms with Gasteiger partial charge in [0.15, 0.2) is 0 Å². The molecule has 0 spiro atoms. The number of aryl methyl sites for hydroxylation is 1. The third-order valence-electron chi connectivity index (χ3n) is 6.19. The fraction of sp³-hybridized carbons (Fsp3) is 0.292. The highest BCUT2D eigenvalue weighted by Crippen LogP contribution is 2.45. The Hall–Kier alpha value is -2.91. The van der Waals surface area contributed by atoms with Crippen molar-refractivity contribution in [1.82, 2.24) is 14.5 Å². The molecule has 0 saturated carbocycles. The zero-order chi connectivity index (χ0) is 24.0. The Morgan fingerprint density at radius 2 is 1.91 bits per heavy atom. The summed E-state index contributed by atoms with van der Waals surface area (Å²) in [5, 5.41) is 1.000. The van der Waals surface area contributed by atoms with Crippen molar-refractivity contribution < 1.29 is 13.6 Å². The van der Waals surface area contributed by atoms with Crippen LogP contribution >= 0.6 is 23.4 Å². The van der Waals surface area contributed by atoms with Crippen molar-refractivity contribution in [3.63, 3.8) is 0 Å². The Labute approximate surface area is 203 Å². The van der Waals surface area contributed by atoms with Crippen molar-refractivity contribution in [2.45, 2.75) is 17.9 Å². The van der Waals surface area contributed by atoms with Crippen LogP contribution in [0.5, 0.6) is 0 Å². The molecule has 5 rings (SSSR count). The normalized spacial score (nSPS) is 16.0. The summed E-state index contributed by atoms with van der Waals surface area (Å²) in [6.07, 6.45) is 2.03. The van der Waals surface area contributed by atoms with Gasteiger partial charge in [-0.2, -0.15) is 4.98 Å². The first kappa shape index (κ1) is 22.9. The number of anilines is 1. The first-order valence-electron chi connectivity index (χ1n) is 10.9. The molecule has 0 atom stereocenters. The van der Waals surface area contributed by atoms with Gasteiger partial charge in [-0.15, -0.1) is 11.8 Å². The Kier molecular flexibility index (Phi) is 6.07. The summed E-state index contributed by atoms with van der Waals surface area (Å²) in [4.78, 5) is 33.8. The topological polar surface area (TPSA) is 58.4 Å². The summed E-state index contributed by atoms with van der Waals surface area (Å²) in [7, 11) is 0. The first-order valence-corrected chi connectivity index (χ1v) is 12.3. The van der Waals surface area contributed by atoms with Crippen LogP contribution in [0.4, 0.5) is 14.6 Å². The molecule has 1 amide bonds. The molecule has 0 N–H and O–H groups in total. The molecule has 1 aromatic heterocycles. The van der Waals surface area contributed by atoms with Crippen LogP contribution in [0.2, 0.25) is 5.02 Å². The van der Waals surface area contributed by atoms with E-state index in [1.807, 2.05) is 4.90 Å². The molecular formula is C24H21ClF2N4O2S. The number of benzene rings is 2. The summed E-state index contributed by atoms with van der Waals surface area (Å²) in [5.41, 5.74) is 0.908. The second-order valence-electron chi connectivity index (χ2n) is 8.17. The minimum atomic E-state index is -0.714. The molecule has 0 unspecified atom stereocenters. The third-order valence-corrected chi connectivity index (χ3v) is 7.67. The van der Waals surface area contributed by atoms with Crippen molar-refractivity contribution in [1.29, 1.82) is 0 Å². The van der Waals surface area contributed by atoms with Gasteiger partial charge in [0, 0.05) is 60.2 Å². The lowest BCUT2D eigenvalue weighted by atomic mass is 10.0. The molecule has 176 valence electrons. The maximum Gasteiger partial charge on any atom is 0.350 e. The van der Waals surface area contributed by atoms with Crippen LogP contribution in [0.25, 0.3) is 22.0 Å². The van der Waals surface area contributed by atoms with E-state index in [9.17, 15) is 18.4 Å². The molecule has 6 nitrogen and oxygen atoms in total. The van der Waals surface area contributed by atoms with E-state index in [1.165, 1.54) is 30.0 Å². The largest absolute Gasteiger partial charge is 0.352 e. The van der Waals surface area contributed by atoms with Crippen LogP contribution in [-0.2, 0) is 11.3 Å². The van der Waals surface area contributed by atoms with E-state index in [4.69, 9.17) is 11.6 Å². The number of carbonyl (C=O) groups excluding carboxylic acids is 1.